The predicted molar refractivity (Wildman–Crippen MR) is 88.4 cm³/mol. The molecule has 0 bridgehead atoms. The smallest absolute Gasteiger partial charge is 0.222 e. The van der Waals surface area contributed by atoms with E-state index in [4.69, 9.17) is 0 Å². The van der Waals surface area contributed by atoms with Gasteiger partial charge in [0.25, 0.3) is 0 Å². The van der Waals surface area contributed by atoms with Crippen LogP contribution in [0, 0.1) is 5.82 Å². The van der Waals surface area contributed by atoms with Gasteiger partial charge in [-0.25, -0.2) is 12.8 Å². The molecular weight excluding hydrogens is 317 g/mol. The van der Waals surface area contributed by atoms with Crippen molar-refractivity contribution in [3.05, 3.63) is 35.6 Å². The largest absolute Gasteiger partial charge is 0.341 e. The van der Waals surface area contributed by atoms with Crippen LogP contribution in [0.4, 0.5) is 4.39 Å². The molecule has 1 heterocycles. The van der Waals surface area contributed by atoms with Gasteiger partial charge in [-0.3, -0.25) is 4.79 Å². The van der Waals surface area contributed by atoms with E-state index in [1.165, 1.54) is 6.07 Å². The molecule has 6 heteroatoms. The average Bonchev–Trinajstić information content (AvgIpc) is 2.95. The van der Waals surface area contributed by atoms with Gasteiger partial charge in [-0.2, -0.15) is 0 Å². The van der Waals surface area contributed by atoms with E-state index in [0.29, 0.717) is 24.9 Å². The van der Waals surface area contributed by atoms with Crippen molar-refractivity contribution in [3.63, 3.8) is 0 Å². The standard InChI is InChI=1S/C17H24FNO3S/c1-17(2,3)23(21,22)14-10-11-19(12-14)16(20)9-8-13-6-4-5-7-15(13)18/h4-7,14H,8-12H2,1-3H3. The molecule has 0 aliphatic carbocycles. The number of carbonyl (C=O) groups excluding carboxylic acids is 1. The van der Waals surface area contributed by atoms with Gasteiger partial charge in [-0.15, -0.1) is 0 Å². The predicted octanol–water partition coefficient (Wildman–Crippen LogP) is 2.57. The van der Waals surface area contributed by atoms with Gasteiger partial charge in [-0.05, 0) is 45.2 Å². The molecule has 23 heavy (non-hydrogen) atoms. The first kappa shape index (κ1) is 17.9. The number of amides is 1. The summed E-state index contributed by atoms with van der Waals surface area (Å²) >= 11 is 0. The average molecular weight is 341 g/mol. The Morgan fingerprint density at radius 3 is 2.57 bits per heavy atom. The number of benzene rings is 1. The van der Waals surface area contributed by atoms with Gasteiger partial charge in [0.15, 0.2) is 9.84 Å². The maximum absolute atomic E-state index is 13.6. The number of carbonyl (C=O) groups is 1. The lowest BCUT2D eigenvalue weighted by molar-refractivity contribution is -0.130. The SMILES string of the molecule is CC(C)(C)S(=O)(=O)C1CCN(C(=O)CCc2ccccc2F)C1. The normalized spacial score (nSPS) is 19.1. The highest BCUT2D eigenvalue weighted by Crippen LogP contribution is 2.27. The van der Waals surface area contributed by atoms with Gasteiger partial charge in [-0.1, -0.05) is 18.2 Å². The first-order valence-corrected chi connectivity index (χ1v) is 9.42. The van der Waals surface area contributed by atoms with Crippen molar-refractivity contribution in [3.8, 4) is 0 Å². The Balaban J connectivity index is 1.94. The molecule has 1 aromatic rings. The van der Waals surface area contributed by atoms with Crippen LogP contribution in [0.1, 0.15) is 39.2 Å². The third kappa shape index (κ3) is 3.91. The molecule has 0 aromatic heterocycles. The summed E-state index contributed by atoms with van der Waals surface area (Å²) in [7, 11) is -3.27. The fourth-order valence-electron chi connectivity index (χ4n) is 2.81. The zero-order valence-corrected chi connectivity index (χ0v) is 14.7. The minimum absolute atomic E-state index is 0.111. The quantitative estimate of drug-likeness (QED) is 0.846. The number of sulfone groups is 1. The van der Waals surface area contributed by atoms with E-state index in [-0.39, 0.29) is 24.7 Å². The van der Waals surface area contributed by atoms with Gasteiger partial charge in [0.05, 0.1) is 10.00 Å². The molecule has 1 aliphatic heterocycles. The zero-order chi connectivity index (χ0) is 17.3. The van der Waals surface area contributed by atoms with E-state index in [9.17, 15) is 17.6 Å². The van der Waals surface area contributed by atoms with E-state index in [0.717, 1.165) is 0 Å². The lowest BCUT2D eigenvalue weighted by Gasteiger charge is -2.24. The molecule has 1 saturated heterocycles. The summed E-state index contributed by atoms with van der Waals surface area (Å²) in [6.45, 7) is 5.76. The van der Waals surface area contributed by atoms with E-state index in [1.54, 1.807) is 43.9 Å². The van der Waals surface area contributed by atoms with Crippen LogP contribution in [0.15, 0.2) is 24.3 Å². The van der Waals surface area contributed by atoms with Crippen molar-refractivity contribution >= 4 is 15.7 Å². The van der Waals surface area contributed by atoms with Crippen molar-refractivity contribution in [2.45, 2.75) is 50.0 Å². The summed E-state index contributed by atoms with van der Waals surface area (Å²) in [5, 5.41) is -0.500. The van der Waals surface area contributed by atoms with Crippen molar-refractivity contribution < 1.29 is 17.6 Å². The number of hydrogen-bond acceptors (Lipinski definition) is 3. The lowest BCUT2D eigenvalue weighted by Crippen LogP contribution is -2.39. The highest BCUT2D eigenvalue weighted by molar-refractivity contribution is 7.93. The van der Waals surface area contributed by atoms with Gasteiger partial charge in [0.2, 0.25) is 5.91 Å². The minimum Gasteiger partial charge on any atom is -0.341 e. The van der Waals surface area contributed by atoms with Crippen LogP contribution in [-0.4, -0.2) is 42.3 Å². The molecule has 1 amide bonds. The molecule has 0 N–H and O–H groups in total. The topological polar surface area (TPSA) is 54.5 Å². The second-order valence-corrected chi connectivity index (χ2v) is 9.98. The van der Waals surface area contributed by atoms with E-state index < -0.39 is 19.8 Å². The van der Waals surface area contributed by atoms with Gasteiger partial charge < -0.3 is 4.90 Å². The number of rotatable bonds is 4. The molecule has 0 radical (unpaired) electrons. The Labute approximate surface area is 137 Å². The Morgan fingerprint density at radius 2 is 1.96 bits per heavy atom. The van der Waals surface area contributed by atoms with E-state index in [1.807, 2.05) is 0 Å². The molecule has 1 aromatic carbocycles. The number of halogens is 1. The van der Waals surface area contributed by atoms with Gasteiger partial charge >= 0.3 is 0 Å². The Kier molecular flexibility index (Phi) is 5.14. The van der Waals surface area contributed by atoms with Crippen molar-refractivity contribution in [1.82, 2.24) is 4.90 Å². The van der Waals surface area contributed by atoms with Crippen LogP contribution in [0.5, 0.6) is 0 Å². The summed E-state index contributed by atoms with van der Waals surface area (Å²) in [6, 6.07) is 6.40. The van der Waals surface area contributed by atoms with Crippen LogP contribution in [-0.2, 0) is 21.1 Å². The Bertz CT molecular complexity index is 679. The lowest BCUT2D eigenvalue weighted by atomic mass is 10.1. The highest BCUT2D eigenvalue weighted by Gasteiger charge is 2.41. The van der Waals surface area contributed by atoms with Crippen LogP contribution in [0.25, 0.3) is 0 Å². The highest BCUT2D eigenvalue weighted by atomic mass is 32.2. The maximum atomic E-state index is 13.6. The molecular formula is C17H24FNO3S. The molecule has 128 valence electrons. The molecule has 1 atom stereocenters. The minimum atomic E-state index is -3.27. The molecule has 0 spiro atoms. The first-order valence-electron chi connectivity index (χ1n) is 7.87. The maximum Gasteiger partial charge on any atom is 0.222 e. The second-order valence-electron chi connectivity index (χ2n) is 7.00. The number of hydrogen-bond donors (Lipinski definition) is 0. The van der Waals surface area contributed by atoms with Gasteiger partial charge in [0.1, 0.15) is 5.82 Å². The summed E-state index contributed by atoms with van der Waals surface area (Å²) in [5.74, 6) is -0.422. The molecule has 1 fully saturated rings. The second kappa shape index (κ2) is 6.59. The van der Waals surface area contributed by atoms with Crippen LogP contribution >= 0.6 is 0 Å². The van der Waals surface area contributed by atoms with Gasteiger partial charge in [0, 0.05) is 19.5 Å². The Morgan fingerprint density at radius 1 is 1.30 bits per heavy atom. The molecule has 1 unspecified atom stereocenters. The summed E-state index contributed by atoms with van der Waals surface area (Å²) < 4.78 is 37.7. The fourth-order valence-corrected chi connectivity index (χ4v) is 4.60. The van der Waals surface area contributed by atoms with Crippen molar-refractivity contribution in [2.75, 3.05) is 13.1 Å². The number of nitrogens with zero attached hydrogens (tertiary/aromatic N) is 1. The molecule has 2 rings (SSSR count). The summed E-state index contributed by atoms with van der Waals surface area (Å²) in [5.41, 5.74) is 0.513. The number of aryl methyl sites for hydroxylation is 1. The summed E-state index contributed by atoms with van der Waals surface area (Å²) in [4.78, 5) is 13.9. The van der Waals surface area contributed by atoms with E-state index >= 15 is 0 Å². The fraction of sp³-hybridized carbons (Fsp3) is 0.588. The first-order chi connectivity index (χ1) is 10.6. The third-order valence-corrected chi connectivity index (χ3v) is 7.33. The van der Waals surface area contributed by atoms with Crippen molar-refractivity contribution in [1.29, 1.82) is 0 Å². The molecule has 1 aliphatic rings. The van der Waals surface area contributed by atoms with E-state index in [2.05, 4.69) is 0 Å². The van der Waals surface area contributed by atoms with Crippen LogP contribution < -0.4 is 0 Å². The molecule has 0 saturated carbocycles. The zero-order valence-electron chi connectivity index (χ0n) is 13.9. The van der Waals surface area contributed by atoms with Crippen LogP contribution in [0.2, 0.25) is 0 Å². The Hall–Kier alpha value is -1.43. The monoisotopic (exact) mass is 341 g/mol. The third-order valence-electron chi connectivity index (χ3n) is 4.36. The number of likely N-dealkylation sites (tertiary alicyclic amines) is 1. The van der Waals surface area contributed by atoms with Crippen molar-refractivity contribution in [2.24, 2.45) is 0 Å². The summed E-state index contributed by atoms with van der Waals surface area (Å²) in [6.07, 6.45) is 1.01. The van der Waals surface area contributed by atoms with Crippen LogP contribution in [0.3, 0.4) is 0 Å². The molecule has 4 nitrogen and oxygen atoms in total.